The van der Waals surface area contributed by atoms with Crippen molar-refractivity contribution in [1.82, 2.24) is 24.6 Å². The lowest BCUT2D eigenvalue weighted by Crippen LogP contribution is -2.64. The van der Waals surface area contributed by atoms with E-state index < -0.39 is 5.54 Å². The van der Waals surface area contributed by atoms with Gasteiger partial charge in [-0.2, -0.15) is 10.4 Å². The van der Waals surface area contributed by atoms with Crippen molar-refractivity contribution in [3.63, 3.8) is 0 Å². The van der Waals surface area contributed by atoms with E-state index in [1.807, 2.05) is 13.1 Å². The smallest absolute Gasteiger partial charge is 0.409 e. The van der Waals surface area contributed by atoms with Gasteiger partial charge in [-0.3, -0.25) is 4.68 Å². The van der Waals surface area contributed by atoms with E-state index in [9.17, 15) is 10.1 Å². The lowest BCUT2D eigenvalue weighted by atomic mass is 9.87. The van der Waals surface area contributed by atoms with Crippen LogP contribution in [0.1, 0.15) is 26.2 Å². The van der Waals surface area contributed by atoms with Gasteiger partial charge in [0.1, 0.15) is 5.54 Å². The fraction of sp³-hybridized carbons (Fsp3) is 0.471. The highest BCUT2D eigenvalue weighted by molar-refractivity contribution is 6.28. The maximum Gasteiger partial charge on any atom is 0.409 e. The first kappa shape index (κ1) is 18.1. The van der Waals surface area contributed by atoms with Gasteiger partial charge >= 0.3 is 6.09 Å². The van der Waals surface area contributed by atoms with Gasteiger partial charge in [0.05, 0.1) is 44.1 Å². The molecule has 1 fully saturated rings. The van der Waals surface area contributed by atoms with Crippen LogP contribution in [0.3, 0.4) is 0 Å². The molecule has 0 atom stereocenters. The molecule has 0 aliphatic carbocycles. The fourth-order valence-electron chi connectivity index (χ4n) is 2.88. The minimum atomic E-state index is -0.548. The number of hydrogen-bond donors (Lipinski definition) is 0. The molecule has 0 spiro atoms. The summed E-state index contributed by atoms with van der Waals surface area (Å²) < 4.78 is 6.96. The van der Waals surface area contributed by atoms with Gasteiger partial charge in [0.2, 0.25) is 5.28 Å². The standard InChI is InChI=1S/C17H19ClN6O2/c1-2-3-8-26-16(25)23-11-17(12-23,5-6-19)24-10-13(9-21-24)14-4-7-20-15(18)22-14/h4,7,9-10H,2-3,5,8,11-12H2,1H3. The van der Waals surface area contributed by atoms with Gasteiger partial charge in [-0.25, -0.2) is 14.8 Å². The molecule has 9 heteroatoms. The molecule has 136 valence electrons. The maximum atomic E-state index is 12.0. The number of rotatable bonds is 6. The van der Waals surface area contributed by atoms with Gasteiger partial charge < -0.3 is 9.64 Å². The second-order valence-electron chi connectivity index (χ2n) is 6.27. The molecule has 0 N–H and O–H groups in total. The molecule has 2 aromatic heterocycles. The normalized spacial score (nSPS) is 15.2. The summed E-state index contributed by atoms with van der Waals surface area (Å²) in [5.41, 5.74) is 0.877. The third-order valence-corrected chi connectivity index (χ3v) is 4.53. The summed E-state index contributed by atoms with van der Waals surface area (Å²) in [5.74, 6) is 0. The molecule has 3 rings (SSSR count). The van der Waals surface area contributed by atoms with Crippen LogP contribution in [0, 0.1) is 11.3 Å². The van der Waals surface area contributed by atoms with Crippen LogP contribution in [0.25, 0.3) is 11.3 Å². The number of nitriles is 1. The summed E-state index contributed by atoms with van der Waals surface area (Å²) in [6, 6.07) is 3.93. The Hall–Kier alpha value is -2.66. The van der Waals surface area contributed by atoms with Crippen LogP contribution in [0.15, 0.2) is 24.7 Å². The van der Waals surface area contributed by atoms with E-state index in [0.717, 1.165) is 18.4 Å². The Morgan fingerprint density at radius 1 is 1.50 bits per heavy atom. The Kier molecular flexibility index (Phi) is 5.38. The molecular formula is C17H19ClN6O2. The summed E-state index contributed by atoms with van der Waals surface area (Å²) in [7, 11) is 0. The van der Waals surface area contributed by atoms with Crippen LogP contribution < -0.4 is 0 Å². The number of aromatic nitrogens is 4. The molecule has 1 amide bonds. The van der Waals surface area contributed by atoms with Crippen molar-refractivity contribution in [3.05, 3.63) is 29.9 Å². The minimum absolute atomic E-state index is 0.159. The molecule has 3 heterocycles. The first-order valence-corrected chi connectivity index (χ1v) is 8.78. The molecule has 0 radical (unpaired) electrons. The Labute approximate surface area is 156 Å². The Balaban J connectivity index is 1.72. The molecule has 1 aliphatic heterocycles. The zero-order chi connectivity index (χ0) is 18.6. The van der Waals surface area contributed by atoms with Crippen molar-refractivity contribution in [2.24, 2.45) is 0 Å². The van der Waals surface area contributed by atoms with Crippen molar-refractivity contribution < 1.29 is 9.53 Å². The van der Waals surface area contributed by atoms with E-state index in [-0.39, 0.29) is 17.8 Å². The average Bonchev–Trinajstić information content (AvgIpc) is 3.08. The second kappa shape index (κ2) is 7.70. The van der Waals surface area contributed by atoms with Crippen molar-refractivity contribution >= 4 is 17.7 Å². The molecule has 1 saturated heterocycles. The third-order valence-electron chi connectivity index (χ3n) is 4.35. The highest BCUT2D eigenvalue weighted by atomic mass is 35.5. The van der Waals surface area contributed by atoms with Gasteiger partial charge in [0.15, 0.2) is 0 Å². The number of unbranched alkanes of at least 4 members (excludes halogenated alkanes) is 1. The molecule has 8 nitrogen and oxygen atoms in total. The van der Waals surface area contributed by atoms with Crippen molar-refractivity contribution in [2.45, 2.75) is 31.7 Å². The van der Waals surface area contributed by atoms with Gasteiger partial charge in [-0.1, -0.05) is 13.3 Å². The largest absolute Gasteiger partial charge is 0.449 e. The number of halogens is 1. The van der Waals surface area contributed by atoms with Crippen LogP contribution >= 0.6 is 11.6 Å². The van der Waals surface area contributed by atoms with Gasteiger partial charge in [0.25, 0.3) is 0 Å². The Morgan fingerprint density at radius 2 is 2.31 bits per heavy atom. The zero-order valence-corrected chi connectivity index (χ0v) is 15.2. The molecule has 1 aliphatic rings. The van der Waals surface area contributed by atoms with Crippen LogP contribution in [-0.4, -0.2) is 50.4 Å². The van der Waals surface area contributed by atoms with Crippen molar-refractivity contribution in [3.8, 4) is 17.3 Å². The van der Waals surface area contributed by atoms with E-state index in [0.29, 0.717) is 25.4 Å². The monoisotopic (exact) mass is 374 g/mol. The summed E-state index contributed by atoms with van der Waals surface area (Å²) in [4.78, 5) is 21.7. The molecule has 0 aromatic carbocycles. The van der Waals surface area contributed by atoms with E-state index in [4.69, 9.17) is 16.3 Å². The predicted octanol–water partition coefficient (Wildman–Crippen LogP) is 2.85. The number of carbonyl (C=O) groups is 1. The summed E-state index contributed by atoms with van der Waals surface area (Å²) in [5, 5.41) is 13.8. The maximum absolute atomic E-state index is 12.0. The molecule has 0 bridgehead atoms. The first-order chi connectivity index (χ1) is 12.6. The number of nitrogens with zero attached hydrogens (tertiary/aromatic N) is 6. The lowest BCUT2D eigenvalue weighted by molar-refractivity contribution is -0.000368. The predicted molar refractivity (Wildman–Crippen MR) is 94.3 cm³/mol. The Morgan fingerprint density at radius 3 is 3.00 bits per heavy atom. The van der Waals surface area contributed by atoms with Gasteiger partial charge in [-0.05, 0) is 24.1 Å². The van der Waals surface area contributed by atoms with Gasteiger partial charge in [0, 0.05) is 18.0 Å². The molecule has 0 saturated carbocycles. The van der Waals surface area contributed by atoms with Crippen molar-refractivity contribution in [2.75, 3.05) is 19.7 Å². The van der Waals surface area contributed by atoms with Crippen molar-refractivity contribution in [1.29, 1.82) is 5.26 Å². The summed E-state index contributed by atoms with van der Waals surface area (Å²) in [6.45, 7) is 3.22. The topological polar surface area (TPSA) is 96.9 Å². The van der Waals surface area contributed by atoms with E-state index >= 15 is 0 Å². The molecular weight excluding hydrogens is 356 g/mol. The highest BCUT2D eigenvalue weighted by Crippen LogP contribution is 2.33. The Bertz CT molecular complexity index is 825. The number of hydrogen-bond acceptors (Lipinski definition) is 6. The minimum Gasteiger partial charge on any atom is -0.449 e. The van der Waals surface area contributed by atoms with E-state index in [1.165, 1.54) is 0 Å². The number of amides is 1. The third kappa shape index (κ3) is 3.63. The van der Waals surface area contributed by atoms with Gasteiger partial charge in [-0.15, -0.1) is 0 Å². The average molecular weight is 375 g/mol. The lowest BCUT2D eigenvalue weighted by Gasteiger charge is -2.48. The van der Waals surface area contributed by atoms with Crippen LogP contribution in [-0.2, 0) is 10.3 Å². The summed E-state index contributed by atoms with van der Waals surface area (Å²) >= 11 is 5.84. The highest BCUT2D eigenvalue weighted by Gasteiger charge is 2.48. The van der Waals surface area contributed by atoms with Crippen LogP contribution in [0.4, 0.5) is 4.79 Å². The SMILES string of the molecule is CCCCOC(=O)N1CC(CC#N)(n2cc(-c3ccnc(Cl)n3)cn2)C1. The second-order valence-corrected chi connectivity index (χ2v) is 6.61. The van der Waals surface area contributed by atoms with Crippen LogP contribution in [0.5, 0.6) is 0 Å². The summed E-state index contributed by atoms with van der Waals surface area (Å²) in [6.07, 6.45) is 6.77. The molecule has 0 unspecified atom stereocenters. The first-order valence-electron chi connectivity index (χ1n) is 8.41. The number of carbonyl (C=O) groups excluding carboxylic acids is 1. The molecule has 2 aromatic rings. The fourth-order valence-corrected chi connectivity index (χ4v) is 3.03. The zero-order valence-electron chi connectivity index (χ0n) is 14.4. The number of likely N-dealkylation sites (tertiary alicyclic amines) is 1. The van der Waals surface area contributed by atoms with Crippen LogP contribution in [0.2, 0.25) is 5.28 Å². The van der Waals surface area contributed by atoms with E-state index in [1.54, 1.807) is 28.0 Å². The number of ether oxygens (including phenoxy) is 1. The van der Waals surface area contributed by atoms with E-state index in [2.05, 4.69) is 21.1 Å². The molecule has 26 heavy (non-hydrogen) atoms. The quantitative estimate of drug-likeness (QED) is 0.569.